The van der Waals surface area contributed by atoms with E-state index in [1.807, 2.05) is 54.6 Å². The molecule has 2 unspecified atom stereocenters. The molecule has 0 amide bonds. The van der Waals surface area contributed by atoms with E-state index in [4.69, 9.17) is 13.9 Å². The third kappa shape index (κ3) is 6.49. The van der Waals surface area contributed by atoms with Crippen LogP contribution in [0.1, 0.15) is 24.4 Å². The summed E-state index contributed by atoms with van der Waals surface area (Å²) in [5.41, 5.74) is 2.04. The lowest BCUT2D eigenvalue weighted by atomic mass is 10.1. The molecule has 0 spiro atoms. The van der Waals surface area contributed by atoms with Crippen LogP contribution in [0.2, 0.25) is 0 Å². The SMILES string of the molecule is COC(=O)COc1ccc(CC(C)NCC(OC)c2cc3ccccc3o2)cc1.Cl. The van der Waals surface area contributed by atoms with Gasteiger partial charge >= 0.3 is 5.97 Å². The van der Waals surface area contributed by atoms with Crippen molar-refractivity contribution >= 4 is 29.3 Å². The number of hydrogen-bond donors (Lipinski definition) is 1. The van der Waals surface area contributed by atoms with Crippen LogP contribution in [0.5, 0.6) is 5.75 Å². The van der Waals surface area contributed by atoms with Gasteiger partial charge in [-0.05, 0) is 43.2 Å². The minimum Gasteiger partial charge on any atom is -0.482 e. The van der Waals surface area contributed by atoms with E-state index in [9.17, 15) is 4.79 Å². The van der Waals surface area contributed by atoms with Gasteiger partial charge in [0, 0.05) is 25.1 Å². The van der Waals surface area contributed by atoms with Crippen LogP contribution < -0.4 is 10.1 Å². The summed E-state index contributed by atoms with van der Waals surface area (Å²) in [6, 6.07) is 17.9. The predicted octanol–water partition coefficient (Wildman–Crippen LogP) is 4.31. The number of halogens is 1. The molecule has 0 saturated heterocycles. The molecule has 1 heterocycles. The predicted molar refractivity (Wildman–Crippen MR) is 118 cm³/mol. The van der Waals surface area contributed by atoms with E-state index in [-0.39, 0.29) is 31.2 Å². The number of esters is 1. The molecule has 3 aromatic rings. The molecule has 1 aromatic heterocycles. The lowest BCUT2D eigenvalue weighted by Gasteiger charge is -2.18. The van der Waals surface area contributed by atoms with E-state index in [1.165, 1.54) is 12.7 Å². The summed E-state index contributed by atoms with van der Waals surface area (Å²) in [5, 5.41) is 4.59. The number of carbonyl (C=O) groups excluding carboxylic acids is 1. The Hall–Kier alpha value is -2.54. The van der Waals surface area contributed by atoms with Gasteiger partial charge in [-0.1, -0.05) is 30.3 Å². The van der Waals surface area contributed by atoms with Gasteiger partial charge in [-0.3, -0.25) is 0 Å². The van der Waals surface area contributed by atoms with E-state index in [2.05, 4.69) is 17.0 Å². The molecule has 30 heavy (non-hydrogen) atoms. The number of rotatable bonds is 10. The van der Waals surface area contributed by atoms with Gasteiger partial charge in [0.25, 0.3) is 0 Å². The first-order valence-electron chi connectivity index (χ1n) is 9.62. The van der Waals surface area contributed by atoms with Gasteiger partial charge in [-0.15, -0.1) is 12.4 Å². The van der Waals surface area contributed by atoms with Crippen molar-refractivity contribution in [3.63, 3.8) is 0 Å². The average molecular weight is 434 g/mol. The molecule has 0 bridgehead atoms. The first-order valence-corrected chi connectivity index (χ1v) is 9.62. The number of ether oxygens (including phenoxy) is 3. The molecule has 0 aliphatic heterocycles. The smallest absolute Gasteiger partial charge is 0.343 e. The van der Waals surface area contributed by atoms with Gasteiger partial charge in [0.15, 0.2) is 6.61 Å². The summed E-state index contributed by atoms with van der Waals surface area (Å²) in [5.74, 6) is 1.06. The number of carbonyl (C=O) groups is 1. The fourth-order valence-corrected chi connectivity index (χ4v) is 3.12. The molecular weight excluding hydrogens is 406 g/mol. The topological polar surface area (TPSA) is 69.9 Å². The van der Waals surface area contributed by atoms with Gasteiger partial charge < -0.3 is 23.9 Å². The third-order valence-corrected chi connectivity index (χ3v) is 4.75. The monoisotopic (exact) mass is 433 g/mol. The zero-order chi connectivity index (χ0) is 20.6. The first-order chi connectivity index (χ1) is 14.1. The molecule has 0 fully saturated rings. The van der Waals surface area contributed by atoms with Crippen molar-refractivity contribution in [2.45, 2.75) is 25.5 Å². The molecule has 2 atom stereocenters. The molecule has 7 heteroatoms. The lowest BCUT2D eigenvalue weighted by molar-refractivity contribution is -0.142. The molecule has 2 aromatic carbocycles. The number of fused-ring (bicyclic) bond motifs is 1. The summed E-state index contributed by atoms with van der Waals surface area (Å²) in [6.45, 7) is 2.69. The second-order valence-electron chi connectivity index (χ2n) is 6.93. The number of methoxy groups -OCH3 is 2. The summed E-state index contributed by atoms with van der Waals surface area (Å²) in [4.78, 5) is 11.1. The zero-order valence-corrected chi connectivity index (χ0v) is 18.2. The summed E-state index contributed by atoms with van der Waals surface area (Å²) in [6.07, 6.45) is 0.701. The number of nitrogens with one attached hydrogen (secondary N) is 1. The second kappa shape index (κ2) is 11.6. The zero-order valence-electron chi connectivity index (χ0n) is 17.4. The van der Waals surface area contributed by atoms with Gasteiger partial charge in [-0.2, -0.15) is 0 Å². The second-order valence-corrected chi connectivity index (χ2v) is 6.93. The maximum atomic E-state index is 11.1. The molecule has 3 rings (SSSR count). The van der Waals surface area contributed by atoms with E-state index < -0.39 is 5.97 Å². The molecule has 0 saturated carbocycles. The normalized spacial score (nSPS) is 12.8. The Morgan fingerprint density at radius 1 is 1.10 bits per heavy atom. The average Bonchev–Trinajstić information content (AvgIpc) is 3.17. The van der Waals surface area contributed by atoms with Crippen LogP contribution in [-0.2, 0) is 20.7 Å². The van der Waals surface area contributed by atoms with E-state index >= 15 is 0 Å². The Bertz CT molecular complexity index is 892. The lowest BCUT2D eigenvalue weighted by Crippen LogP contribution is -2.32. The Balaban J connectivity index is 0.00000320. The van der Waals surface area contributed by atoms with Crippen molar-refractivity contribution in [2.24, 2.45) is 0 Å². The minimum atomic E-state index is -0.399. The Morgan fingerprint density at radius 2 is 1.83 bits per heavy atom. The quantitative estimate of drug-likeness (QED) is 0.480. The van der Waals surface area contributed by atoms with Gasteiger partial charge in [0.1, 0.15) is 23.2 Å². The summed E-state index contributed by atoms with van der Waals surface area (Å²) < 4.78 is 21.5. The molecule has 6 nitrogen and oxygen atoms in total. The van der Waals surface area contributed by atoms with Crippen LogP contribution in [0, 0.1) is 0 Å². The van der Waals surface area contributed by atoms with Crippen LogP contribution in [0.15, 0.2) is 59.0 Å². The Morgan fingerprint density at radius 3 is 2.50 bits per heavy atom. The highest BCUT2D eigenvalue weighted by atomic mass is 35.5. The highest BCUT2D eigenvalue weighted by molar-refractivity contribution is 5.85. The van der Waals surface area contributed by atoms with Crippen molar-refractivity contribution in [3.8, 4) is 5.75 Å². The van der Waals surface area contributed by atoms with Crippen molar-refractivity contribution in [1.82, 2.24) is 5.32 Å². The molecule has 0 radical (unpaired) electrons. The van der Waals surface area contributed by atoms with Crippen LogP contribution >= 0.6 is 12.4 Å². The highest BCUT2D eigenvalue weighted by Crippen LogP contribution is 2.25. The molecule has 1 N–H and O–H groups in total. The van der Waals surface area contributed by atoms with Crippen molar-refractivity contribution in [1.29, 1.82) is 0 Å². The minimum absolute atomic E-state index is 0. The number of para-hydroxylation sites is 1. The largest absolute Gasteiger partial charge is 0.482 e. The van der Waals surface area contributed by atoms with Gasteiger partial charge in [-0.25, -0.2) is 4.79 Å². The van der Waals surface area contributed by atoms with E-state index in [0.29, 0.717) is 12.3 Å². The number of benzene rings is 2. The van der Waals surface area contributed by atoms with E-state index in [1.54, 1.807) is 7.11 Å². The van der Waals surface area contributed by atoms with Gasteiger partial charge in [0.05, 0.1) is 7.11 Å². The molecular formula is C23H28ClNO5. The molecule has 162 valence electrons. The van der Waals surface area contributed by atoms with E-state index in [0.717, 1.165) is 23.2 Å². The molecule has 0 aliphatic rings. The Kier molecular flexibility index (Phi) is 9.17. The fourth-order valence-electron chi connectivity index (χ4n) is 3.12. The van der Waals surface area contributed by atoms with Crippen LogP contribution in [-0.4, -0.2) is 39.4 Å². The van der Waals surface area contributed by atoms with Crippen LogP contribution in [0.4, 0.5) is 0 Å². The first kappa shape index (κ1) is 23.7. The highest BCUT2D eigenvalue weighted by Gasteiger charge is 2.17. The maximum Gasteiger partial charge on any atom is 0.343 e. The van der Waals surface area contributed by atoms with Crippen molar-refractivity contribution in [2.75, 3.05) is 27.4 Å². The standard InChI is InChI=1S/C23H27NO5.ClH/c1-16(12-17-8-10-19(11-9-17)28-15-23(25)27-3)24-14-22(26-2)21-13-18-6-4-5-7-20(18)29-21;/h4-11,13,16,22,24H,12,14-15H2,1-3H3;1H. The summed E-state index contributed by atoms with van der Waals surface area (Å²) in [7, 11) is 3.03. The maximum absolute atomic E-state index is 11.1. The van der Waals surface area contributed by atoms with Gasteiger partial charge in [0.2, 0.25) is 0 Å². The fraction of sp³-hybridized carbons (Fsp3) is 0.348. The van der Waals surface area contributed by atoms with Crippen molar-refractivity contribution in [3.05, 3.63) is 65.9 Å². The van der Waals surface area contributed by atoms with Crippen LogP contribution in [0.25, 0.3) is 11.0 Å². The van der Waals surface area contributed by atoms with Crippen molar-refractivity contribution < 1.29 is 23.4 Å². The molecule has 0 aliphatic carbocycles. The number of hydrogen-bond acceptors (Lipinski definition) is 6. The summed E-state index contributed by atoms with van der Waals surface area (Å²) >= 11 is 0. The Labute approximate surface area is 182 Å². The van der Waals surface area contributed by atoms with Crippen LogP contribution in [0.3, 0.4) is 0 Å². The third-order valence-electron chi connectivity index (χ3n) is 4.75. The number of furan rings is 1.